The second kappa shape index (κ2) is 12.1. The highest BCUT2D eigenvalue weighted by atomic mass is 19.1. The molecule has 4 aromatic rings. The number of rotatable bonds is 10. The smallest absolute Gasteiger partial charge is 0.255 e. The van der Waals surface area contributed by atoms with Crippen LogP contribution in [0.25, 0.3) is 5.69 Å². The van der Waals surface area contributed by atoms with Gasteiger partial charge in [-0.3, -0.25) is 9.59 Å². The number of carbonyl (C=O) groups is 2. The normalized spacial score (nSPS) is 10.7. The zero-order valence-corrected chi connectivity index (χ0v) is 21.3. The fourth-order valence-corrected chi connectivity index (χ4v) is 3.73. The number of nitrogens with zero attached hydrogens (tertiary/aromatic N) is 4. The number of carbonyl (C=O) groups excluding carboxylic acids is 2. The molecule has 0 aliphatic rings. The Kier molecular flexibility index (Phi) is 8.46. The van der Waals surface area contributed by atoms with E-state index in [1.807, 2.05) is 6.07 Å². The van der Waals surface area contributed by atoms with Gasteiger partial charge in [0, 0.05) is 49.3 Å². The van der Waals surface area contributed by atoms with Crippen molar-refractivity contribution in [2.75, 3.05) is 43.2 Å². The van der Waals surface area contributed by atoms with Gasteiger partial charge in [-0.2, -0.15) is 0 Å². The number of benzene rings is 3. The number of hydrogen-bond acceptors (Lipinski definition) is 7. The van der Waals surface area contributed by atoms with Gasteiger partial charge < -0.3 is 26.0 Å². The van der Waals surface area contributed by atoms with Crippen LogP contribution in [0.2, 0.25) is 0 Å². The minimum absolute atomic E-state index is 0.0620. The third kappa shape index (κ3) is 6.93. The number of aliphatic hydroxyl groups is 1. The van der Waals surface area contributed by atoms with E-state index in [9.17, 15) is 18.4 Å². The van der Waals surface area contributed by atoms with Crippen LogP contribution >= 0.6 is 0 Å². The zero-order valence-electron chi connectivity index (χ0n) is 21.3. The predicted octanol–water partition coefficient (Wildman–Crippen LogP) is 3.52. The lowest BCUT2D eigenvalue weighted by Gasteiger charge is -2.16. The molecule has 4 N–H and O–H groups in total. The fraction of sp³-hybridized carbons (Fsp3) is 0.185. The minimum atomic E-state index is -0.840. The van der Waals surface area contributed by atoms with Crippen molar-refractivity contribution in [2.24, 2.45) is 0 Å². The van der Waals surface area contributed by atoms with Crippen molar-refractivity contribution < 1.29 is 23.5 Å². The third-order valence-corrected chi connectivity index (χ3v) is 5.59. The Bertz CT molecular complexity index is 1470. The van der Waals surface area contributed by atoms with E-state index >= 15 is 0 Å². The van der Waals surface area contributed by atoms with E-state index in [0.717, 1.165) is 12.1 Å². The molecule has 39 heavy (non-hydrogen) atoms. The standard InChI is InChI=1S/C27H27F2N7O3/c1-35(2)27(39)24-14-20(6-7-25(24)30-8-9-37)31-15-22-16-36(34-33-22)23-5-3-4-21(13-23)32-26(38)17-10-18(28)12-19(29)11-17/h3-7,10-14,16,30-31,37H,8-9,15H2,1-2H3,(H,32,38). The summed E-state index contributed by atoms with van der Waals surface area (Å²) < 4.78 is 28.5. The molecule has 0 saturated carbocycles. The molecule has 0 aliphatic carbocycles. The number of halogens is 2. The van der Waals surface area contributed by atoms with Crippen LogP contribution in [0, 0.1) is 11.6 Å². The van der Waals surface area contributed by atoms with Gasteiger partial charge >= 0.3 is 0 Å². The predicted molar refractivity (Wildman–Crippen MR) is 143 cm³/mol. The van der Waals surface area contributed by atoms with Gasteiger partial charge in [-0.25, -0.2) is 13.5 Å². The summed E-state index contributed by atoms with van der Waals surface area (Å²) in [6.45, 7) is 0.575. The summed E-state index contributed by atoms with van der Waals surface area (Å²) in [7, 11) is 3.33. The number of hydrogen-bond donors (Lipinski definition) is 4. The minimum Gasteiger partial charge on any atom is -0.395 e. The Morgan fingerprint density at radius 2 is 1.74 bits per heavy atom. The molecule has 202 valence electrons. The molecule has 1 aromatic heterocycles. The number of aliphatic hydroxyl groups excluding tert-OH is 1. The molecular weight excluding hydrogens is 508 g/mol. The van der Waals surface area contributed by atoms with E-state index < -0.39 is 17.5 Å². The molecule has 0 radical (unpaired) electrons. The summed E-state index contributed by atoms with van der Waals surface area (Å²) in [5.41, 5.74) is 3.27. The second-order valence-electron chi connectivity index (χ2n) is 8.78. The molecule has 0 fully saturated rings. The highest BCUT2D eigenvalue weighted by Crippen LogP contribution is 2.23. The van der Waals surface area contributed by atoms with Gasteiger partial charge in [0.25, 0.3) is 11.8 Å². The van der Waals surface area contributed by atoms with Gasteiger partial charge in [-0.15, -0.1) is 5.10 Å². The molecule has 3 aromatic carbocycles. The Labute approximate surface area is 223 Å². The summed E-state index contributed by atoms with van der Waals surface area (Å²) in [5, 5.41) is 26.3. The van der Waals surface area contributed by atoms with Crippen molar-refractivity contribution in [3.8, 4) is 5.69 Å². The first-order valence-electron chi connectivity index (χ1n) is 12.0. The van der Waals surface area contributed by atoms with Gasteiger partial charge in [-0.1, -0.05) is 11.3 Å². The van der Waals surface area contributed by atoms with Crippen molar-refractivity contribution in [2.45, 2.75) is 6.54 Å². The largest absolute Gasteiger partial charge is 0.395 e. The Morgan fingerprint density at radius 3 is 2.46 bits per heavy atom. The quantitative estimate of drug-likeness (QED) is 0.245. The highest BCUT2D eigenvalue weighted by Gasteiger charge is 2.15. The Hall–Kier alpha value is -4.84. The van der Waals surface area contributed by atoms with Crippen molar-refractivity contribution in [1.29, 1.82) is 0 Å². The second-order valence-corrected chi connectivity index (χ2v) is 8.78. The van der Waals surface area contributed by atoms with Crippen molar-refractivity contribution in [1.82, 2.24) is 19.9 Å². The van der Waals surface area contributed by atoms with Gasteiger partial charge in [0.1, 0.15) is 17.3 Å². The van der Waals surface area contributed by atoms with E-state index in [0.29, 0.717) is 53.2 Å². The maximum absolute atomic E-state index is 13.5. The lowest BCUT2D eigenvalue weighted by atomic mass is 10.1. The highest BCUT2D eigenvalue weighted by molar-refractivity contribution is 6.04. The van der Waals surface area contributed by atoms with Gasteiger partial charge in [-0.05, 0) is 48.5 Å². The van der Waals surface area contributed by atoms with Crippen molar-refractivity contribution >= 4 is 28.9 Å². The first kappa shape index (κ1) is 27.2. The number of amides is 2. The van der Waals surface area contributed by atoms with E-state index in [1.54, 1.807) is 56.7 Å². The average Bonchev–Trinajstić information content (AvgIpc) is 3.39. The van der Waals surface area contributed by atoms with Crippen LogP contribution in [0.3, 0.4) is 0 Å². The fourth-order valence-electron chi connectivity index (χ4n) is 3.73. The number of anilines is 3. The molecule has 0 bridgehead atoms. The summed E-state index contributed by atoms with van der Waals surface area (Å²) in [6, 6.07) is 14.7. The zero-order chi connectivity index (χ0) is 27.9. The van der Waals surface area contributed by atoms with E-state index in [4.69, 9.17) is 5.11 Å². The molecular formula is C27H27F2N7O3. The average molecular weight is 536 g/mol. The van der Waals surface area contributed by atoms with Crippen LogP contribution in [0.15, 0.2) is 66.9 Å². The first-order valence-corrected chi connectivity index (χ1v) is 12.0. The summed E-state index contributed by atoms with van der Waals surface area (Å²) in [6.07, 6.45) is 1.71. The van der Waals surface area contributed by atoms with E-state index in [2.05, 4.69) is 26.3 Å². The molecule has 0 spiro atoms. The van der Waals surface area contributed by atoms with Crippen LogP contribution in [-0.4, -0.2) is 64.1 Å². The third-order valence-electron chi connectivity index (χ3n) is 5.59. The molecule has 1 heterocycles. The van der Waals surface area contributed by atoms with E-state index in [-0.39, 0.29) is 18.1 Å². The molecule has 0 unspecified atom stereocenters. The molecule has 10 nitrogen and oxygen atoms in total. The van der Waals surface area contributed by atoms with Gasteiger partial charge in [0.15, 0.2) is 0 Å². The molecule has 4 rings (SSSR count). The molecule has 0 atom stereocenters. The van der Waals surface area contributed by atoms with Crippen LogP contribution in [0.1, 0.15) is 26.4 Å². The Balaban J connectivity index is 1.44. The summed E-state index contributed by atoms with van der Waals surface area (Å²) >= 11 is 0. The molecule has 2 amide bonds. The molecule has 12 heteroatoms. The topological polar surface area (TPSA) is 124 Å². The van der Waals surface area contributed by atoms with Crippen molar-refractivity contribution in [3.63, 3.8) is 0 Å². The molecule has 0 saturated heterocycles. The maximum Gasteiger partial charge on any atom is 0.255 e. The maximum atomic E-state index is 13.5. The van der Waals surface area contributed by atoms with Gasteiger partial charge in [0.05, 0.1) is 30.6 Å². The Morgan fingerprint density at radius 1 is 0.974 bits per heavy atom. The lowest BCUT2D eigenvalue weighted by Crippen LogP contribution is -2.23. The van der Waals surface area contributed by atoms with Crippen LogP contribution in [0.4, 0.5) is 25.8 Å². The lowest BCUT2D eigenvalue weighted by molar-refractivity contribution is 0.0828. The van der Waals surface area contributed by atoms with Crippen molar-refractivity contribution in [3.05, 3.63) is 95.3 Å². The first-order chi connectivity index (χ1) is 18.7. The summed E-state index contributed by atoms with van der Waals surface area (Å²) in [4.78, 5) is 26.5. The van der Waals surface area contributed by atoms with Crippen LogP contribution in [0.5, 0.6) is 0 Å². The van der Waals surface area contributed by atoms with Gasteiger partial charge in [0.2, 0.25) is 0 Å². The number of nitrogens with one attached hydrogen (secondary N) is 3. The summed E-state index contributed by atoms with van der Waals surface area (Å²) in [5.74, 6) is -2.52. The van der Waals surface area contributed by atoms with Crippen LogP contribution < -0.4 is 16.0 Å². The monoisotopic (exact) mass is 535 g/mol. The van der Waals surface area contributed by atoms with Crippen LogP contribution in [-0.2, 0) is 6.54 Å². The molecule has 0 aliphatic heterocycles. The van der Waals surface area contributed by atoms with E-state index in [1.165, 1.54) is 9.58 Å². The number of aromatic nitrogens is 3. The SMILES string of the molecule is CN(C)C(=O)c1cc(NCc2cn(-c3cccc(NC(=O)c4cc(F)cc(F)c4)c3)nn2)ccc1NCCO.